The highest BCUT2D eigenvalue weighted by molar-refractivity contribution is 6.20. The molecule has 1 saturated carbocycles. The Hall–Kier alpha value is 0.250. The van der Waals surface area contributed by atoms with Crippen molar-refractivity contribution in [1.29, 1.82) is 0 Å². The number of hydrogen-bond acceptors (Lipinski definition) is 1. The average Bonchev–Trinajstić information content (AvgIpc) is 2.52. The van der Waals surface area contributed by atoms with Gasteiger partial charge >= 0.3 is 0 Å². The zero-order chi connectivity index (χ0) is 9.97. The molecule has 1 heterocycles. The molecule has 0 bridgehead atoms. The molecular weight excluding hydrogens is 196 g/mol. The van der Waals surface area contributed by atoms with E-state index in [9.17, 15) is 0 Å². The lowest BCUT2D eigenvalue weighted by atomic mass is 9.84. The third-order valence-electron chi connectivity index (χ3n) is 4.10. The Balaban J connectivity index is 1.79. The Morgan fingerprint density at radius 2 is 1.86 bits per heavy atom. The molecule has 1 saturated heterocycles. The van der Waals surface area contributed by atoms with E-state index in [1.807, 2.05) is 0 Å². The fraction of sp³-hybridized carbons (Fsp3) is 1.00. The van der Waals surface area contributed by atoms with E-state index in [-0.39, 0.29) is 0 Å². The summed E-state index contributed by atoms with van der Waals surface area (Å²) in [7, 11) is 0. The predicted octanol–water partition coefficient (Wildman–Crippen LogP) is 3.46. The first kappa shape index (κ1) is 10.8. The molecule has 0 aromatic rings. The molecule has 0 N–H and O–H groups in total. The van der Waals surface area contributed by atoms with Crippen LogP contribution in [0.3, 0.4) is 0 Å². The molecule has 0 spiro atoms. The first-order valence-electron chi connectivity index (χ1n) is 5.99. The molecule has 0 amide bonds. The van der Waals surface area contributed by atoms with Crippen LogP contribution >= 0.6 is 11.6 Å². The van der Waals surface area contributed by atoms with Crippen molar-refractivity contribution in [3.63, 3.8) is 0 Å². The summed E-state index contributed by atoms with van der Waals surface area (Å²) >= 11 is 6.25. The Bertz CT molecular complexity index is 177. The lowest BCUT2D eigenvalue weighted by Crippen LogP contribution is -2.20. The molecule has 2 fully saturated rings. The van der Waals surface area contributed by atoms with Crippen LogP contribution in [0.1, 0.15) is 39.0 Å². The van der Waals surface area contributed by atoms with E-state index < -0.39 is 0 Å². The van der Waals surface area contributed by atoms with Gasteiger partial charge in [0, 0.05) is 18.6 Å². The summed E-state index contributed by atoms with van der Waals surface area (Å²) in [6.07, 6.45) is 6.53. The van der Waals surface area contributed by atoms with Gasteiger partial charge in [-0.2, -0.15) is 0 Å². The quantitative estimate of drug-likeness (QED) is 0.643. The molecule has 2 aliphatic rings. The zero-order valence-electron chi connectivity index (χ0n) is 9.05. The topological polar surface area (TPSA) is 9.23 Å². The van der Waals surface area contributed by atoms with Crippen molar-refractivity contribution >= 4 is 11.6 Å². The largest absolute Gasteiger partial charge is 0.381 e. The molecular formula is C12H21ClO. The molecule has 1 nitrogen and oxygen atoms in total. The second kappa shape index (κ2) is 4.85. The molecule has 3 unspecified atom stereocenters. The van der Waals surface area contributed by atoms with Crippen molar-refractivity contribution in [2.75, 3.05) is 13.2 Å². The van der Waals surface area contributed by atoms with Crippen LogP contribution in [-0.4, -0.2) is 18.6 Å². The van der Waals surface area contributed by atoms with Gasteiger partial charge < -0.3 is 4.74 Å². The number of ether oxygens (including phenoxy) is 1. The molecule has 1 aliphatic heterocycles. The molecule has 82 valence electrons. The molecule has 3 atom stereocenters. The standard InChI is InChI=1S/C12H21ClO/c1-9-11(2-3-12(9)13)8-10-4-6-14-7-5-10/h9-12H,2-8H2,1H3. The average molecular weight is 217 g/mol. The summed E-state index contributed by atoms with van der Waals surface area (Å²) in [4.78, 5) is 0. The summed E-state index contributed by atoms with van der Waals surface area (Å²) in [5.74, 6) is 2.54. The van der Waals surface area contributed by atoms with Gasteiger partial charge in [0.05, 0.1) is 0 Å². The molecule has 2 heteroatoms. The van der Waals surface area contributed by atoms with Crippen molar-refractivity contribution in [3.8, 4) is 0 Å². The van der Waals surface area contributed by atoms with E-state index in [1.54, 1.807) is 0 Å². The van der Waals surface area contributed by atoms with Gasteiger partial charge in [0.25, 0.3) is 0 Å². The van der Waals surface area contributed by atoms with E-state index in [4.69, 9.17) is 16.3 Å². The maximum Gasteiger partial charge on any atom is 0.0468 e. The SMILES string of the molecule is CC1C(Cl)CCC1CC1CCOCC1. The number of halogens is 1. The third kappa shape index (κ3) is 2.43. The summed E-state index contributed by atoms with van der Waals surface area (Å²) in [6, 6.07) is 0. The number of rotatable bonds is 2. The maximum absolute atomic E-state index is 6.25. The summed E-state index contributed by atoms with van der Waals surface area (Å²) < 4.78 is 5.39. The fourth-order valence-corrected chi connectivity index (χ4v) is 3.27. The number of hydrogen-bond donors (Lipinski definition) is 0. The van der Waals surface area contributed by atoms with Gasteiger partial charge in [0.2, 0.25) is 0 Å². The van der Waals surface area contributed by atoms with Crippen molar-refractivity contribution in [3.05, 3.63) is 0 Å². The third-order valence-corrected chi connectivity index (χ3v) is 4.72. The monoisotopic (exact) mass is 216 g/mol. The van der Waals surface area contributed by atoms with Crippen LogP contribution in [0.4, 0.5) is 0 Å². The molecule has 0 aromatic carbocycles. The van der Waals surface area contributed by atoms with Gasteiger partial charge in [-0.1, -0.05) is 6.92 Å². The highest BCUT2D eigenvalue weighted by Crippen LogP contribution is 2.40. The summed E-state index contributed by atoms with van der Waals surface area (Å²) in [6.45, 7) is 4.29. The zero-order valence-corrected chi connectivity index (χ0v) is 9.80. The maximum atomic E-state index is 6.25. The Kier molecular flexibility index (Phi) is 3.73. The van der Waals surface area contributed by atoms with Gasteiger partial charge in [0.1, 0.15) is 0 Å². The van der Waals surface area contributed by atoms with E-state index in [0.717, 1.165) is 31.0 Å². The first-order chi connectivity index (χ1) is 6.77. The van der Waals surface area contributed by atoms with Crippen LogP contribution in [0.15, 0.2) is 0 Å². The minimum atomic E-state index is 0.444. The highest BCUT2D eigenvalue weighted by atomic mass is 35.5. The van der Waals surface area contributed by atoms with Crippen molar-refractivity contribution < 1.29 is 4.74 Å². The van der Waals surface area contributed by atoms with E-state index in [2.05, 4.69) is 6.92 Å². The second-order valence-electron chi connectivity index (χ2n) is 5.00. The number of alkyl halides is 1. The van der Waals surface area contributed by atoms with E-state index in [0.29, 0.717) is 5.38 Å². The lowest BCUT2D eigenvalue weighted by molar-refractivity contribution is 0.0568. The summed E-state index contributed by atoms with van der Waals surface area (Å²) in [5.41, 5.74) is 0. The van der Waals surface area contributed by atoms with Crippen LogP contribution in [0.2, 0.25) is 0 Å². The minimum absolute atomic E-state index is 0.444. The normalized spacial score (nSPS) is 40.3. The van der Waals surface area contributed by atoms with Crippen LogP contribution in [0, 0.1) is 17.8 Å². The lowest BCUT2D eigenvalue weighted by Gasteiger charge is -2.26. The molecule has 14 heavy (non-hydrogen) atoms. The Morgan fingerprint density at radius 3 is 2.43 bits per heavy atom. The van der Waals surface area contributed by atoms with Crippen LogP contribution in [-0.2, 0) is 4.74 Å². The van der Waals surface area contributed by atoms with Crippen molar-refractivity contribution in [2.45, 2.75) is 44.4 Å². The minimum Gasteiger partial charge on any atom is -0.381 e. The Labute approximate surface area is 92.2 Å². The molecule has 0 aromatic heterocycles. The van der Waals surface area contributed by atoms with Crippen LogP contribution in [0.25, 0.3) is 0 Å². The van der Waals surface area contributed by atoms with Gasteiger partial charge in [0.15, 0.2) is 0 Å². The highest BCUT2D eigenvalue weighted by Gasteiger charge is 2.32. The first-order valence-corrected chi connectivity index (χ1v) is 6.43. The smallest absolute Gasteiger partial charge is 0.0468 e. The van der Waals surface area contributed by atoms with Gasteiger partial charge in [-0.15, -0.1) is 11.6 Å². The van der Waals surface area contributed by atoms with E-state index in [1.165, 1.54) is 32.1 Å². The second-order valence-corrected chi connectivity index (χ2v) is 5.56. The van der Waals surface area contributed by atoms with Gasteiger partial charge in [-0.05, 0) is 49.9 Å². The molecule has 2 rings (SSSR count). The van der Waals surface area contributed by atoms with Gasteiger partial charge in [-0.25, -0.2) is 0 Å². The van der Waals surface area contributed by atoms with Crippen LogP contribution in [0.5, 0.6) is 0 Å². The van der Waals surface area contributed by atoms with Crippen molar-refractivity contribution in [2.24, 2.45) is 17.8 Å². The fourth-order valence-electron chi connectivity index (χ4n) is 2.94. The molecule has 0 radical (unpaired) electrons. The van der Waals surface area contributed by atoms with E-state index >= 15 is 0 Å². The van der Waals surface area contributed by atoms with Gasteiger partial charge in [-0.3, -0.25) is 0 Å². The summed E-state index contributed by atoms with van der Waals surface area (Å²) in [5, 5.41) is 0.444. The predicted molar refractivity (Wildman–Crippen MR) is 59.7 cm³/mol. The van der Waals surface area contributed by atoms with Crippen LogP contribution < -0.4 is 0 Å². The molecule has 1 aliphatic carbocycles. The van der Waals surface area contributed by atoms with Crippen molar-refractivity contribution in [1.82, 2.24) is 0 Å². The Morgan fingerprint density at radius 1 is 1.14 bits per heavy atom.